The van der Waals surface area contributed by atoms with Crippen LogP contribution in [0.3, 0.4) is 0 Å². The molecule has 0 rings (SSSR count). The van der Waals surface area contributed by atoms with E-state index in [0.717, 1.165) is 6.42 Å². The van der Waals surface area contributed by atoms with Gasteiger partial charge in [0.1, 0.15) is 0 Å². The van der Waals surface area contributed by atoms with Gasteiger partial charge in [0.25, 0.3) is 0 Å². The SMILES string of the molecule is COCC(O)CCCCF. The van der Waals surface area contributed by atoms with E-state index in [-0.39, 0.29) is 6.67 Å². The molecule has 0 heterocycles. The van der Waals surface area contributed by atoms with Crippen LogP contribution in [0.25, 0.3) is 0 Å². The Balaban J connectivity index is 2.97. The van der Waals surface area contributed by atoms with Gasteiger partial charge in [-0.1, -0.05) is 0 Å². The molecule has 1 N–H and O–H groups in total. The highest BCUT2D eigenvalue weighted by Crippen LogP contribution is 2.00. The summed E-state index contributed by atoms with van der Waals surface area (Å²) in [5.74, 6) is 0. The quantitative estimate of drug-likeness (QED) is 0.575. The van der Waals surface area contributed by atoms with Crippen molar-refractivity contribution in [3.05, 3.63) is 0 Å². The first-order chi connectivity index (χ1) is 4.81. The van der Waals surface area contributed by atoms with Crippen LogP contribution in [0.5, 0.6) is 0 Å². The molecule has 1 atom stereocenters. The number of ether oxygens (including phenoxy) is 1. The molecule has 0 aliphatic rings. The van der Waals surface area contributed by atoms with Gasteiger partial charge < -0.3 is 9.84 Å². The Morgan fingerprint density at radius 3 is 2.70 bits per heavy atom. The molecule has 0 aromatic rings. The van der Waals surface area contributed by atoms with Crippen molar-refractivity contribution in [1.82, 2.24) is 0 Å². The number of unbranched alkanes of at least 4 members (excludes halogenated alkanes) is 1. The highest BCUT2D eigenvalue weighted by Gasteiger charge is 2.01. The van der Waals surface area contributed by atoms with E-state index in [1.54, 1.807) is 7.11 Å². The van der Waals surface area contributed by atoms with Crippen molar-refractivity contribution in [2.45, 2.75) is 25.4 Å². The van der Waals surface area contributed by atoms with E-state index in [1.807, 2.05) is 0 Å². The third-order valence-corrected chi connectivity index (χ3v) is 1.28. The maximum absolute atomic E-state index is 11.5. The summed E-state index contributed by atoms with van der Waals surface area (Å²) in [7, 11) is 1.54. The van der Waals surface area contributed by atoms with E-state index >= 15 is 0 Å². The van der Waals surface area contributed by atoms with Crippen LogP contribution < -0.4 is 0 Å². The van der Waals surface area contributed by atoms with Crippen LogP contribution in [0.2, 0.25) is 0 Å². The number of aliphatic hydroxyl groups is 1. The van der Waals surface area contributed by atoms with Gasteiger partial charge in [0.15, 0.2) is 0 Å². The van der Waals surface area contributed by atoms with Crippen molar-refractivity contribution in [1.29, 1.82) is 0 Å². The van der Waals surface area contributed by atoms with Gasteiger partial charge in [-0.3, -0.25) is 4.39 Å². The summed E-state index contributed by atoms with van der Waals surface area (Å²) in [6.07, 6.45) is 1.50. The summed E-state index contributed by atoms with van der Waals surface area (Å²) >= 11 is 0. The smallest absolute Gasteiger partial charge is 0.0894 e. The zero-order valence-electron chi connectivity index (χ0n) is 6.35. The molecule has 10 heavy (non-hydrogen) atoms. The Bertz CT molecular complexity index is 68.6. The third-order valence-electron chi connectivity index (χ3n) is 1.28. The highest BCUT2D eigenvalue weighted by atomic mass is 19.1. The zero-order valence-corrected chi connectivity index (χ0v) is 6.35. The van der Waals surface area contributed by atoms with Gasteiger partial charge >= 0.3 is 0 Å². The monoisotopic (exact) mass is 150 g/mol. The third kappa shape index (κ3) is 5.98. The predicted octanol–water partition coefficient (Wildman–Crippen LogP) is 1.13. The van der Waals surface area contributed by atoms with Gasteiger partial charge in [0, 0.05) is 7.11 Å². The van der Waals surface area contributed by atoms with Gasteiger partial charge in [0.05, 0.1) is 19.4 Å². The van der Waals surface area contributed by atoms with Crippen LogP contribution >= 0.6 is 0 Å². The van der Waals surface area contributed by atoms with Crippen LogP contribution in [0, 0.1) is 0 Å². The standard InChI is InChI=1S/C7H15FO2/c1-10-6-7(9)4-2-3-5-8/h7,9H,2-6H2,1H3. The molecule has 0 spiro atoms. The highest BCUT2D eigenvalue weighted by molar-refractivity contribution is 4.52. The second-order valence-electron chi connectivity index (χ2n) is 2.29. The van der Waals surface area contributed by atoms with E-state index in [9.17, 15) is 4.39 Å². The van der Waals surface area contributed by atoms with Crippen LogP contribution in [-0.2, 0) is 4.74 Å². The summed E-state index contributed by atoms with van der Waals surface area (Å²) in [5, 5.41) is 9.03. The zero-order chi connectivity index (χ0) is 7.82. The first-order valence-electron chi connectivity index (χ1n) is 3.54. The number of aliphatic hydroxyl groups excluding tert-OH is 1. The van der Waals surface area contributed by atoms with Crippen LogP contribution in [0.15, 0.2) is 0 Å². The van der Waals surface area contributed by atoms with E-state index in [4.69, 9.17) is 9.84 Å². The molecule has 2 nitrogen and oxygen atoms in total. The van der Waals surface area contributed by atoms with E-state index in [1.165, 1.54) is 0 Å². The molecule has 0 saturated heterocycles. The molecule has 3 heteroatoms. The van der Waals surface area contributed by atoms with E-state index < -0.39 is 6.10 Å². The van der Waals surface area contributed by atoms with Gasteiger partial charge in [-0.15, -0.1) is 0 Å². The van der Waals surface area contributed by atoms with Crippen molar-refractivity contribution >= 4 is 0 Å². The summed E-state index contributed by atoms with van der Waals surface area (Å²) in [5.41, 5.74) is 0. The minimum absolute atomic E-state index is 0.292. The maximum atomic E-state index is 11.5. The Kier molecular flexibility index (Phi) is 6.86. The molecular formula is C7H15FO2. The number of hydrogen-bond donors (Lipinski definition) is 1. The minimum Gasteiger partial charge on any atom is -0.391 e. The fourth-order valence-corrected chi connectivity index (χ4v) is 0.750. The van der Waals surface area contributed by atoms with Gasteiger partial charge in [0.2, 0.25) is 0 Å². The second kappa shape index (κ2) is 6.96. The van der Waals surface area contributed by atoms with Crippen LogP contribution in [-0.4, -0.2) is 31.6 Å². The lowest BCUT2D eigenvalue weighted by Gasteiger charge is -2.06. The Morgan fingerprint density at radius 2 is 2.20 bits per heavy atom. The van der Waals surface area contributed by atoms with Crippen LogP contribution in [0.1, 0.15) is 19.3 Å². The van der Waals surface area contributed by atoms with E-state index in [0.29, 0.717) is 19.4 Å². The summed E-state index contributed by atoms with van der Waals surface area (Å²) in [6.45, 7) is 0.0615. The van der Waals surface area contributed by atoms with E-state index in [2.05, 4.69) is 0 Å². The average Bonchev–Trinajstić information content (AvgIpc) is 1.89. The molecule has 1 unspecified atom stereocenters. The molecule has 0 aromatic heterocycles. The molecule has 0 bridgehead atoms. The van der Waals surface area contributed by atoms with Crippen LogP contribution in [0.4, 0.5) is 4.39 Å². The van der Waals surface area contributed by atoms with Gasteiger partial charge in [-0.05, 0) is 19.3 Å². The molecule has 62 valence electrons. The first kappa shape index (κ1) is 9.85. The van der Waals surface area contributed by atoms with Gasteiger partial charge in [-0.2, -0.15) is 0 Å². The lowest BCUT2D eigenvalue weighted by molar-refractivity contribution is 0.0574. The fourth-order valence-electron chi connectivity index (χ4n) is 0.750. The Morgan fingerprint density at radius 1 is 1.50 bits per heavy atom. The summed E-state index contributed by atoms with van der Waals surface area (Å²) < 4.78 is 16.2. The molecular weight excluding hydrogens is 135 g/mol. The summed E-state index contributed by atoms with van der Waals surface area (Å²) in [6, 6.07) is 0. The molecule has 0 aromatic carbocycles. The lowest BCUT2D eigenvalue weighted by atomic mass is 10.2. The average molecular weight is 150 g/mol. The number of methoxy groups -OCH3 is 1. The molecule has 0 radical (unpaired) electrons. The van der Waals surface area contributed by atoms with Crippen molar-refractivity contribution in [2.75, 3.05) is 20.4 Å². The molecule has 0 aliphatic heterocycles. The maximum Gasteiger partial charge on any atom is 0.0894 e. The first-order valence-corrected chi connectivity index (χ1v) is 3.54. The predicted molar refractivity (Wildman–Crippen MR) is 37.7 cm³/mol. The molecule has 0 fully saturated rings. The molecule has 0 amide bonds. The van der Waals surface area contributed by atoms with Crippen molar-refractivity contribution in [2.24, 2.45) is 0 Å². The summed E-state index contributed by atoms with van der Waals surface area (Å²) in [4.78, 5) is 0. The Hall–Kier alpha value is -0.150. The lowest BCUT2D eigenvalue weighted by Crippen LogP contribution is -2.13. The van der Waals surface area contributed by atoms with Crippen molar-refractivity contribution < 1.29 is 14.2 Å². The number of rotatable bonds is 6. The Labute approximate surface area is 61.0 Å². The fraction of sp³-hybridized carbons (Fsp3) is 1.00. The molecule has 0 aliphatic carbocycles. The van der Waals surface area contributed by atoms with Crippen molar-refractivity contribution in [3.63, 3.8) is 0 Å². The topological polar surface area (TPSA) is 29.5 Å². The minimum atomic E-state index is -0.420. The number of halogens is 1. The second-order valence-corrected chi connectivity index (χ2v) is 2.29. The number of alkyl halides is 1. The normalized spacial score (nSPS) is 13.5. The van der Waals surface area contributed by atoms with Crippen molar-refractivity contribution in [3.8, 4) is 0 Å². The van der Waals surface area contributed by atoms with Gasteiger partial charge in [-0.25, -0.2) is 0 Å². The largest absolute Gasteiger partial charge is 0.391 e. The number of hydrogen-bond acceptors (Lipinski definition) is 2. The molecule has 0 saturated carbocycles.